The predicted octanol–water partition coefficient (Wildman–Crippen LogP) is 1.04. The van der Waals surface area contributed by atoms with Crippen molar-refractivity contribution >= 4 is 17.9 Å². The Morgan fingerprint density at radius 1 is 0.929 bits per heavy atom. The monoisotopic (exact) mass is 404 g/mol. The molecule has 2 rings (SSSR count). The van der Waals surface area contributed by atoms with E-state index < -0.39 is 60.2 Å². The third-order valence-electron chi connectivity index (χ3n) is 3.82. The Labute approximate surface area is 163 Å². The van der Waals surface area contributed by atoms with E-state index in [0.29, 0.717) is 0 Å². The Morgan fingerprint density at radius 3 is 2.00 bits per heavy atom. The second-order valence-electron chi connectivity index (χ2n) is 7.77. The molecule has 0 spiro atoms. The summed E-state index contributed by atoms with van der Waals surface area (Å²) in [5, 5.41) is 0. The summed E-state index contributed by atoms with van der Waals surface area (Å²) in [5.74, 6) is -3.25. The van der Waals surface area contributed by atoms with Crippen molar-refractivity contribution in [3.8, 4) is 0 Å². The fraction of sp³-hybridized carbons (Fsp3) is 0.833. The van der Waals surface area contributed by atoms with Crippen molar-refractivity contribution in [3.63, 3.8) is 0 Å². The van der Waals surface area contributed by atoms with E-state index in [1.54, 1.807) is 6.92 Å². The van der Waals surface area contributed by atoms with E-state index in [2.05, 4.69) is 0 Å². The molecule has 0 amide bonds. The lowest BCUT2D eigenvalue weighted by atomic mass is 9.98. The Morgan fingerprint density at radius 2 is 1.50 bits per heavy atom. The first-order chi connectivity index (χ1) is 12.8. The van der Waals surface area contributed by atoms with Crippen LogP contribution >= 0.6 is 0 Å². The van der Waals surface area contributed by atoms with Crippen LogP contribution in [0.3, 0.4) is 0 Å². The molecule has 10 nitrogen and oxygen atoms in total. The number of hydrogen-bond donors (Lipinski definition) is 0. The second-order valence-corrected chi connectivity index (χ2v) is 7.77. The van der Waals surface area contributed by atoms with E-state index >= 15 is 0 Å². The molecule has 10 heteroatoms. The molecule has 2 saturated heterocycles. The van der Waals surface area contributed by atoms with Crippen molar-refractivity contribution in [2.75, 3.05) is 6.61 Å². The quantitative estimate of drug-likeness (QED) is 0.486. The van der Waals surface area contributed by atoms with Crippen LogP contribution in [-0.2, 0) is 47.5 Å². The normalized spacial score (nSPS) is 35.0. The van der Waals surface area contributed by atoms with Gasteiger partial charge in [0.2, 0.25) is 0 Å². The highest BCUT2D eigenvalue weighted by molar-refractivity contribution is 5.67. The third-order valence-corrected chi connectivity index (χ3v) is 3.82. The molecular weight excluding hydrogens is 376 g/mol. The molecule has 0 bridgehead atoms. The number of carbonyl (C=O) groups excluding carboxylic acids is 3. The Kier molecular flexibility index (Phi) is 6.70. The van der Waals surface area contributed by atoms with Gasteiger partial charge in [-0.25, -0.2) is 0 Å². The zero-order valence-corrected chi connectivity index (χ0v) is 17.2. The molecule has 0 N–H and O–H groups in total. The van der Waals surface area contributed by atoms with E-state index in [1.165, 1.54) is 20.8 Å². The molecule has 0 aliphatic carbocycles. The highest BCUT2D eigenvalue weighted by atomic mass is 16.9. The van der Waals surface area contributed by atoms with Gasteiger partial charge in [-0.05, 0) is 20.8 Å². The van der Waals surface area contributed by atoms with Crippen LogP contribution in [0.5, 0.6) is 0 Å². The molecule has 6 atom stereocenters. The first kappa shape index (κ1) is 22.5. The highest BCUT2D eigenvalue weighted by Crippen LogP contribution is 2.41. The molecule has 0 saturated carbocycles. The summed E-state index contributed by atoms with van der Waals surface area (Å²) in [6.45, 7) is 10.5. The molecule has 2 aliphatic heterocycles. The summed E-state index contributed by atoms with van der Waals surface area (Å²) >= 11 is 0. The third kappa shape index (κ3) is 5.87. The van der Waals surface area contributed by atoms with Crippen LogP contribution in [0.25, 0.3) is 0 Å². The van der Waals surface area contributed by atoms with Crippen LogP contribution in [0.2, 0.25) is 0 Å². The summed E-state index contributed by atoms with van der Waals surface area (Å²) in [5.41, 5.74) is -0.606. The zero-order valence-electron chi connectivity index (χ0n) is 17.2. The fourth-order valence-electron chi connectivity index (χ4n) is 3.18. The minimum Gasteiger partial charge on any atom is -0.463 e. The molecule has 6 unspecified atom stereocenters. The Hall–Kier alpha value is -1.75. The maximum atomic E-state index is 11.7. The molecule has 28 heavy (non-hydrogen) atoms. The highest BCUT2D eigenvalue weighted by Gasteiger charge is 2.60. The molecule has 0 aromatic rings. The minimum absolute atomic E-state index is 0.228. The maximum absolute atomic E-state index is 11.7. The fourth-order valence-corrected chi connectivity index (χ4v) is 3.18. The van der Waals surface area contributed by atoms with E-state index in [9.17, 15) is 14.4 Å². The lowest BCUT2D eigenvalue weighted by molar-refractivity contribution is -0.371. The molecule has 0 aromatic carbocycles. The molecule has 160 valence electrons. The standard InChI is InChI=1S/C18H28O10/c1-9(19)22-8-12-13(23-10(2)20)14(24-11(3)21)15-16(25-12)27-18(7,26-15)28-17(4,5)6/h12-16H,8H2,1-7H3. The second kappa shape index (κ2) is 8.32. The van der Waals surface area contributed by atoms with Gasteiger partial charge < -0.3 is 28.4 Å². The molecule has 0 radical (unpaired) electrons. The average molecular weight is 404 g/mol. The minimum atomic E-state index is -1.48. The summed E-state index contributed by atoms with van der Waals surface area (Å²) in [7, 11) is 0. The van der Waals surface area contributed by atoms with Gasteiger partial charge in [0.25, 0.3) is 5.97 Å². The van der Waals surface area contributed by atoms with Crippen molar-refractivity contribution in [1.29, 1.82) is 0 Å². The number of esters is 3. The number of ether oxygens (including phenoxy) is 7. The first-order valence-electron chi connectivity index (χ1n) is 8.99. The smallest absolute Gasteiger partial charge is 0.303 e. The number of rotatable bonds is 5. The van der Waals surface area contributed by atoms with Gasteiger partial charge in [0.1, 0.15) is 12.7 Å². The van der Waals surface area contributed by atoms with Crippen LogP contribution in [-0.4, -0.2) is 66.8 Å². The van der Waals surface area contributed by atoms with Gasteiger partial charge in [-0.2, -0.15) is 0 Å². The van der Waals surface area contributed by atoms with Crippen LogP contribution in [0.4, 0.5) is 0 Å². The summed E-state index contributed by atoms with van der Waals surface area (Å²) in [4.78, 5) is 34.5. The SMILES string of the molecule is CC(=O)OCC1OC2OC(C)(OC(C)(C)C)OC2C(OC(C)=O)C1OC(C)=O. The Bertz CT molecular complexity index is 612. The largest absolute Gasteiger partial charge is 0.463 e. The van der Waals surface area contributed by atoms with Crippen LogP contribution < -0.4 is 0 Å². The average Bonchev–Trinajstić information content (AvgIpc) is 2.80. The molecule has 2 heterocycles. The predicted molar refractivity (Wildman–Crippen MR) is 91.6 cm³/mol. The first-order valence-corrected chi connectivity index (χ1v) is 8.99. The van der Waals surface area contributed by atoms with Crippen molar-refractivity contribution in [3.05, 3.63) is 0 Å². The van der Waals surface area contributed by atoms with E-state index in [-0.39, 0.29) is 6.61 Å². The number of carbonyl (C=O) groups is 3. The van der Waals surface area contributed by atoms with Gasteiger partial charge in [-0.15, -0.1) is 0 Å². The number of fused-ring (bicyclic) bond motifs is 1. The topological polar surface area (TPSA) is 116 Å². The van der Waals surface area contributed by atoms with Crippen LogP contribution in [0.15, 0.2) is 0 Å². The molecule has 2 aliphatic rings. The van der Waals surface area contributed by atoms with Gasteiger partial charge in [-0.1, -0.05) is 0 Å². The van der Waals surface area contributed by atoms with Gasteiger partial charge in [0.05, 0.1) is 5.60 Å². The van der Waals surface area contributed by atoms with E-state index in [1.807, 2.05) is 20.8 Å². The van der Waals surface area contributed by atoms with Crippen LogP contribution in [0.1, 0.15) is 48.5 Å². The van der Waals surface area contributed by atoms with E-state index in [0.717, 1.165) is 0 Å². The van der Waals surface area contributed by atoms with Gasteiger partial charge >= 0.3 is 17.9 Å². The van der Waals surface area contributed by atoms with Gasteiger partial charge in [0.15, 0.2) is 24.6 Å². The molecule has 0 aromatic heterocycles. The molecule has 2 fully saturated rings. The van der Waals surface area contributed by atoms with Crippen molar-refractivity contribution in [2.24, 2.45) is 0 Å². The number of hydrogen-bond acceptors (Lipinski definition) is 10. The van der Waals surface area contributed by atoms with Gasteiger partial charge in [0, 0.05) is 27.7 Å². The zero-order chi connectivity index (χ0) is 21.3. The van der Waals surface area contributed by atoms with Crippen molar-refractivity contribution < 1.29 is 47.5 Å². The summed E-state index contributed by atoms with van der Waals surface area (Å²) in [6.07, 6.45) is -4.97. The van der Waals surface area contributed by atoms with Gasteiger partial charge in [-0.3, -0.25) is 19.1 Å². The summed E-state index contributed by atoms with van der Waals surface area (Å²) in [6, 6.07) is 0. The van der Waals surface area contributed by atoms with Crippen LogP contribution in [0, 0.1) is 0 Å². The Balaban J connectivity index is 2.31. The van der Waals surface area contributed by atoms with Crippen molar-refractivity contribution in [2.45, 2.75) is 90.7 Å². The summed E-state index contributed by atoms with van der Waals surface area (Å²) < 4.78 is 39.0. The van der Waals surface area contributed by atoms with E-state index in [4.69, 9.17) is 33.2 Å². The maximum Gasteiger partial charge on any atom is 0.303 e. The molecular formula is C18H28O10. The lowest BCUT2D eigenvalue weighted by Crippen LogP contribution is -2.60. The lowest BCUT2D eigenvalue weighted by Gasteiger charge is -2.40. The van der Waals surface area contributed by atoms with Crippen molar-refractivity contribution in [1.82, 2.24) is 0 Å².